The first kappa shape index (κ1) is 26.7. The monoisotopic (exact) mass is 540 g/mol. The van der Waals surface area contributed by atoms with Gasteiger partial charge < -0.3 is 25.4 Å². The van der Waals surface area contributed by atoms with E-state index in [2.05, 4.69) is 33.1 Å². The summed E-state index contributed by atoms with van der Waals surface area (Å²) in [6.07, 6.45) is 0.844. The molecule has 0 unspecified atom stereocenters. The molecule has 0 saturated heterocycles. The third-order valence-electron chi connectivity index (χ3n) is 4.42. The van der Waals surface area contributed by atoms with Crippen molar-refractivity contribution in [3.63, 3.8) is 0 Å². The van der Waals surface area contributed by atoms with Gasteiger partial charge in [0.15, 0.2) is 5.96 Å². The van der Waals surface area contributed by atoms with Gasteiger partial charge in [0.2, 0.25) is 5.91 Å². The molecule has 7 nitrogen and oxygen atoms in total. The number of carbonyl (C=O) groups is 1. The van der Waals surface area contributed by atoms with Gasteiger partial charge in [0.1, 0.15) is 12.4 Å². The molecule has 0 radical (unpaired) electrons. The lowest BCUT2D eigenvalue weighted by Crippen LogP contribution is -2.37. The minimum atomic E-state index is -0.0693. The number of anilines is 1. The molecule has 0 aliphatic rings. The summed E-state index contributed by atoms with van der Waals surface area (Å²) >= 11 is 0. The number of nitrogens with one attached hydrogen (secondary N) is 3. The summed E-state index contributed by atoms with van der Waals surface area (Å²) in [5, 5.41) is 9.43. The fourth-order valence-electron chi connectivity index (χ4n) is 2.86. The van der Waals surface area contributed by atoms with Crippen LogP contribution in [0.5, 0.6) is 5.75 Å². The Morgan fingerprint density at radius 3 is 2.45 bits per heavy atom. The number of hydrogen-bond acceptors (Lipinski definition) is 4. The average Bonchev–Trinajstić information content (AvgIpc) is 2.72. The molecule has 0 atom stereocenters. The van der Waals surface area contributed by atoms with Crippen LogP contribution in [-0.4, -0.2) is 45.8 Å². The van der Waals surface area contributed by atoms with E-state index in [0.29, 0.717) is 19.8 Å². The number of nitrogens with zero attached hydrogens (tertiary/aromatic N) is 1. The van der Waals surface area contributed by atoms with E-state index in [1.807, 2.05) is 37.3 Å². The molecule has 0 aliphatic heterocycles. The zero-order valence-electron chi connectivity index (χ0n) is 18.7. The SMILES string of the molecule is CN=C(NCCc1ccc(NC(C)=O)cc1)NCc1ccc(C)cc1OCCOC.I. The van der Waals surface area contributed by atoms with E-state index < -0.39 is 0 Å². The number of guanidine groups is 1. The van der Waals surface area contributed by atoms with Gasteiger partial charge in [-0.05, 0) is 42.7 Å². The Morgan fingerprint density at radius 2 is 1.81 bits per heavy atom. The summed E-state index contributed by atoms with van der Waals surface area (Å²) in [5.41, 5.74) is 4.20. The molecule has 0 aromatic heterocycles. The van der Waals surface area contributed by atoms with E-state index in [1.54, 1.807) is 14.2 Å². The van der Waals surface area contributed by atoms with E-state index in [-0.39, 0.29) is 29.9 Å². The molecule has 0 bridgehead atoms. The lowest BCUT2D eigenvalue weighted by molar-refractivity contribution is -0.114. The van der Waals surface area contributed by atoms with Crippen LogP contribution in [0.2, 0.25) is 0 Å². The maximum absolute atomic E-state index is 11.1. The number of ether oxygens (including phenoxy) is 2. The number of carbonyl (C=O) groups excluding carboxylic acids is 1. The highest BCUT2D eigenvalue weighted by atomic mass is 127. The Morgan fingerprint density at radius 1 is 1.06 bits per heavy atom. The Hall–Kier alpha value is -2.33. The predicted octanol–water partition coefficient (Wildman–Crippen LogP) is 3.50. The highest BCUT2D eigenvalue weighted by Gasteiger charge is 2.06. The van der Waals surface area contributed by atoms with Crippen LogP contribution in [0.25, 0.3) is 0 Å². The summed E-state index contributed by atoms with van der Waals surface area (Å²) in [6.45, 7) is 5.96. The lowest BCUT2D eigenvalue weighted by Gasteiger charge is -2.15. The minimum absolute atomic E-state index is 0. The summed E-state index contributed by atoms with van der Waals surface area (Å²) in [7, 11) is 3.41. The second-order valence-corrected chi connectivity index (χ2v) is 6.93. The van der Waals surface area contributed by atoms with Crippen molar-refractivity contribution in [1.82, 2.24) is 10.6 Å². The largest absolute Gasteiger partial charge is 0.491 e. The molecule has 0 saturated carbocycles. The van der Waals surface area contributed by atoms with Crippen molar-refractivity contribution < 1.29 is 14.3 Å². The molecule has 2 aromatic rings. The molecule has 2 rings (SSSR count). The predicted molar refractivity (Wildman–Crippen MR) is 137 cm³/mol. The number of aryl methyl sites for hydroxylation is 1. The van der Waals surface area contributed by atoms with Crippen molar-refractivity contribution in [3.05, 3.63) is 59.2 Å². The van der Waals surface area contributed by atoms with Crippen LogP contribution in [0.3, 0.4) is 0 Å². The van der Waals surface area contributed by atoms with Gasteiger partial charge in [-0.1, -0.05) is 24.3 Å². The Balaban J connectivity index is 0.00000480. The first-order valence-electron chi connectivity index (χ1n) is 10.0. The smallest absolute Gasteiger partial charge is 0.221 e. The van der Waals surface area contributed by atoms with Crippen LogP contribution in [0.4, 0.5) is 5.69 Å². The summed E-state index contributed by atoms with van der Waals surface area (Å²) in [5.74, 6) is 1.52. The summed E-state index contributed by atoms with van der Waals surface area (Å²) in [6, 6.07) is 14.0. The van der Waals surface area contributed by atoms with Gasteiger partial charge in [0.05, 0.1) is 6.61 Å². The fraction of sp³-hybridized carbons (Fsp3) is 0.391. The van der Waals surface area contributed by atoms with Crippen molar-refractivity contribution in [2.75, 3.05) is 39.2 Å². The average molecular weight is 540 g/mol. The maximum Gasteiger partial charge on any atom is 0.221 e. The van der Waals surface area contributed by atoms with Gasteiger partial charge in [0.25, 0.3) is 0 Å². The second kappa shape index (κ2) is 14.6. The lowest BCUT2D eigenvalue weighted by atomic mass is 10.1. The Bertz CT molecular complexity index is 841. The van der Waals surface area contributed by atoms with Gasteiger partial charge in [-0.2, -0.15) is 0 Å². The molecule has 3 N–H and O–H groups in total. The van der Waals surface area contributed by atoms with Crippen molar-refractivity contribution in [1.29, 1.82) is 0 Å². The first-order valence-corrected chi connectivity index (χ1v) is 10.0. The number of amides is 1. The summed E-state index contributed by atoms with van der Waals surface area (Å²) < 4.78 is 10.9. The van der Waals surface area contributed by atoms with E-state index in [9.17, 15) is 4.79 Å². The third-order valence-corrected chi connectivity index (χ3v) is 4.42. The Labute approximate surface area is 202 Å². The number of benzene rings is 2. The quantitative estimate of drug-likeness (QED) is 0.186. The van der Waals surface area contributed by atoms with Gasteiger partial charge in [-0.15, -0.1) is 24.0 Å². The molecule has 1 amide bonds. The Kier molecular flexibility index (Phi) is 12.6. The van der Waals surface area contributed by atoms with E-state index in [0.717, 1.165) is 41.5 Å². The van der Waals surface area contributed by atoms with Crippen LogP contribution in [0.1, 0.15) is 23.6 Å². The maximum atomic E-state index is 11.1. The number of aliphatic imine (C=N–C) groups is 1. The van der Waals surface area contributed by atoms with Gasteiger partial charge in [-0.25, -0.2) is 0 Å². The standard InChI is InChI=1S/C23H32N4O3.HI/c1-17-5-8-20(22(15-17)30-14-13-29-4)16-26-23(24-3)25-12-11-19-6-9-21(10-7-19)27-18(2)28;/h5-10,15H,11-14,16H2,1-4H3,(H,27,28)(H2,24,25,26);1H. The van der Waals surface area contributed by atoms with Crippen LogP contribution < -0.4 is 20.7 Å². The minimum Gasteiger partial charge on any atom is -0.491 e. The number of halogens is 1. The zero-order valence-corrected chi connectivity index (χ0v) is 21.0. The van der Waals surface area contributed by atoms with Gasteiger partial charge in [0, 0.05) is 45.4 Å². The molecule has 170 valence electrons. The van der Waals surface area contributed by atoms with Crippen molar-refractivity contribution in [2.24, 2.45) is 4.99 Å². The normalized spacial score (nSPS) is 10.8. The van der Waals surface area contributed by atoms with Crippen LogP contribution >= 0.6 is 24.0 Å². The molecule has 0 fully saturated rings. The second-order valence-electron chi connectivity index (χ2n) is 6.93. The highest BCUT2D eigenvalue weighted by molar-refractivity contribution is 14.0. The number of hydrogen-bond donors (Lipinski definition) is 3. The van der Waals surface area contributed by atoms with Crippen LogP contribution in [0.15, 0.2) is 47.5 Å². The molecule has 31 heavy (non-hydrogen) atoms. The molecular formula is C23H33IN4O3. The van der Waals surface area contributed by atoms with Crippen LogP contribution in [0, 0.1) is 6.92 Å². The summed E-state index contributed by atoms with van der Waals surface area (Å²) in [4.78, 5) is 15.4. The topological polar surface area (TPSA) is 84.0 Å². The number of methoxy groups -OCH3 is 1. The third kappa shape index (κ3) is 10.0. The van der Waals surface area contributed by atoms with Gasteiger partial charge in [-0.3, -0.25) is 9.79 Å². The molecule has 0 heterocycles. The first-order chi connectivity index (χ1) is 14.5. The molecule has 0 spiro atoms. The van der Waals surface area contributed by atoms with E-state index in [1.165, 1.54) is 12.5 Å². The number of rotatable bonds is 10. The fourth-order valence-corrected chi connectivity index (χ4v) is 2.86. The van der Waals surface area contributed by atoms with Crippen molar-refractivity contribution in [2.45, 2.75) is 26.8 Å². The molecular weight excluding hydrogens is 507 g/mol. The molecule has 0 aliphatic carbocycles. The van der Waals surface area contributed by atoms with Crippen LogP contribution in [-0.2, 0) is 22.5 Å². The van der Waals surface area contributed by atoms with Gasteiger partial charge >= 0.3 is 0 Å². The molecule has 2 aromatic carbocycles. The molecule has 8 heteroatoms. The van der Waals surface area contributed by atoms with E-state index in [4.69, 9.17) is 9.47 Å². The highest BCUT2D eigenvalue weighted by Crippen LogP contribution is 2.20. The van der Waals surface area contributed by atoms with E-state index >= 15 is 0 Å². The van der Waals surface area contributed by atoms with Crippen molar-refractivity contribution >= 4 is 41.5 Å². The zero-order chi connectivity index (χ0) is 21.8. The van der Waals surface area contributed by atoms with Crippen molar-refractivity contribution in [3.8, 4) is 5.75 Å².